The van der Waals surface area contributed by atoms with Gasteiger partial charge in [-0.05, 0) is 37.9 Å². The van der Waals surface area contributed by atoms with Crippen LogP contribution in [0, 0.1) is 6.92 Å². The summed E-state index contributed by atoms with van der Waals surface area (Å²) in [5, 5.41) is 7.89. The lowest BCUT2D eigenvalue weighted by atomic mass is 10.0. The Hall–Kier alpha value is -4.14. The number of hydrogen-bond acceptors (Lipinski definition) is 8. The molecule has 0 unspecified atom stereocenters. The first kappa shape index (κ1) is 21.6. The van der Waals surface area contributed by atoms with Crippen molar-refractivity contribution in [3.8, 4) is 28.7 Å². The molecule has 3 rings (SSSR count). The van der Waals surface area contributed by atoms with Gasteiger partial charge in [0.2, 0.25) is 11.8 Å². The van der Waals surface area contributed by atoms with Crippen molar-refractivity contribution in [2.75, 3.05) is 14.2 Å². The number of aliphatic imine (C=N–C) groups is 1. The fourth-order valence-corrected chi connectivity index (χ4v) is 2.94. The van der Waals surface area contributed by atoms with Crippen molar-refractivity contribution >= 4 is 24.1 Å². The van der Waals surface area contributed by atoms with Crippen molar-refractivity contribution in [3.05, 3.63) is 53.4 Å². The summed E-state index contributed by atoms with van der Waals surface area (Å²) in [7, 11) is 2.99. The number of aryl methyl sites for hydroxylation is 1. The highest BCUT2D eigenvalue weighted by molar-refractivity contribution is 5.97. The van der Waals surface area contributed by atoms with Crippen molar-refractivity contribution in [2.24, 2.45) is 10.7 Å². The van der Waals surface area contributed by atoms with Gasteiger partial charge in [-0.15, -0.1) is 10.2 Å². The largest absolute Gasteiger partial charge is 0.497 e. The van der Waals surface area contributed by atoms with Gasteiger partial charge in [0.15, 0.2) is 0 Å². The lowest BCUT2D eigenvalue weighted by molar-refractivity contribution is 0.0997. The van der Waals surface area contributed by atoms with Crippen LogP contribution in [0.4, 0.5) is 5.69 Å². The molecule has 0 spiro atoms. The molecule has 1 heterocycles. The van der Waals surface area contributed by atoms with E-state index in [9.17, 15) is 4.79 Å². The number of rotatable bonds is 8. The van der Waals surface area contributed by atoms with Gasteiger partial charge in [-0.25, -0.2) is 0 Å². The summed E-state index contributed by atoms with van der Waals surface area (Å²) in [5.41, 5.74) is 7.31. The van der Waals surface area contributed by atoms with Crippen LogP contribution in [-0.2, 0) is 0 Å². The van der Waals surface area contributed by atoms with Crippen LogP contribution in [0.25, 0.3) is 17.2 Å². The smallest absolute Gasteiger partial charge is 0.252 e. The van der Waals surface area contributed by atoms with E-state index in [1.54, 1.807) is 57.4 Å². The Labute approximate surface area is 179 Å². The van der Waals surface area contributed by atoms with Crippen LogP contribution in [0.5, 0.6) is 17.2 Å². The minimum absolute atomic E-state index is 0.195. The van der Waals surface area contributed by atoms with Gasteiger partial charge in [-0.1, -0.05) is 0 Å². The maximum Gasteiger partial charge on any atom is 0.252 e. The minimum Gasteiger partial charge on any atom is -0.497 e. The van der Waals surface area contributed by atoms with E-state index in [2.05, 4.69) is 21.9 Å². The Bertz CT molecular complexity index is 1170. The lowest BCUT2D eigenvalue weighted by Gasteiger charge is -2.16. The molecule has 0 bridgehead atoms. The fraction of sp³-hybridized carbons (Fsp3) is 0.182. The van der Waals surface area contributed by atoms with Crippen molar-refractivity contribution in [1.82, 2.24) is 10.2 Å². The third-order valence-corrected chi connectivity index (χ3v) is 4.40. The molecule has 0 aliphatic heterocycles. The van der Waals surface area contributed by atoms with Gasteiger partial charge in [0.25, 0.3) is 5.91 Å². The molecule has 0 saturated carbocycles. The molecule has 160 valence electrons. The average Bonchev–Trinajstić information content (AvgIpc) is 3.22. The number of allylic oxidation sites excluding steroid dienone is 1. The summed E-state index contributed by atoms with van der Waals surface area (Å²) in [4.78, 5) is 15.9. The zero-order valence-corrected chi connectivity index (χ0v) is 17.6. The molecule has 9 nitrogen and oxygen atoms in total. The molecular weight excluding hydrogens is 400 g/mol. The number of hydrogen-bond donors (Lipinski definition) is 1. The lowest BCUT2D eigenvalue weighted by Crippen LogP contribution is -2.13. The zero-order chi connectivity index (χ0) is 22.5. The SMILES string of the molecule is C=Nc1cc(OC)c(C(N)=O)cc1/C(=C\C)Oc1cc(OC)cc(-c2nnc(C)o2)c1. The second-order valence-corrected chi connectivity index (χ2v) is 6.37. The van der Waals surface area contributed by atoms with Crippen molar-refractivity contribution < 1.29 is 23.4 Å². The summed E-state index contributed by atoms with van der Waals surface area (Å²) >= 11 is 0. The quantitative estimate of drug-likeness (QED) is 0.431. The van der Waals surface area contributed by atoms with Crippen LogP contribution in [0.3, 0.4) is 0 Å². The van der Waals surface area contributed by atoms with Crippen LogP contribution in [0.15, 0.2) is 45.8 Å². The molecule has 31 heavy (non-hydrogen) atoms. The van der Waals surface area contributed by atoms with E-state index in [0.29, 0.717) is 51.6 Å². The summed E-state index contributed by atoms with van der Waals surface area (Å²) in [5.74, 6) is 1.83. The number of ether oxygens (including phenoxy) is 3. The first-order valence-corrected chi connectivity index (χ1v) is 9.22. The molecule has 0 saturated heterocycles. The van der Waals surface area contributed by atoms with Crippen LogP contribution in [-0.4, -0.2) is 37.0 Å². The molecular formula is C22H22N4O5. The zero-order valence-electron chi connectivity index (χ0n) is 17.6. The highest BCUT2D eigenvalue weighted by atomic mass is 16.5. The van der Waals surface area contributed by atoms with Gasteiger partial charge in [-0.3, -0.25) is 9.79 Å². The standard InChI is InChI=1S/C22H22N4O5/c1-6-19(16-10-17(21(23)27)20(29-5)11-18(16)24-3)31-15-8-13(7-14(9-15)28-4)22-26-25-12(2)30-22/h6-11H,3H2,1-2,4-5H3,(H2,23,27)/b19-6+. The molecule has 0 aliphatic carbocycles. The molecule has 0 aliphatic rings. The first-order chi connectivity index (χ1) is 14.9. The van der Waals surface area contributed by atoms with Gasteiger partial charge in [0.05, 0.1) is 25.5 Å². The Balaban J connectivity index is 2.06. The maximum absolute atomic E-state index is 11.9. The summed E-state index contributed by atoms with van der Waals surface area (Å²) in [6, 6.07) is 8.33. The number of carbonyl (C=O) groups is 1. The van der Waals surface area contributed by atoms with E-state index < -0.39 is 5.91 Å². The minimum atomic E-state index is -0.639. The monoisotopic (exact) mass is 422 g/mol. The summed E-state index contributed by atoms with van der Waals surface area (Å²) in [6.07, 6.45) is 1.73. The van der Waals surface area contributed by atoms with Gasteiger partial charge in [0, 0.05) is 30.2 Å². The number of methoxy groups -OCH3 is 2. The first-order valence-electron chi connectivity index (χ1n) is 9.22. The second kappa shape index (κ2) is 9.12. The van der Waals surface area contributed by atoms with Gasteiger partial charge >= 0.3 is 0 Å². The number of primary amides is 1. The predicted molar refractivity (Wildman–Crippen MR) is 116 cm³/mol. The predicted octanol–water partition coefficient (Wildman–Crippen LogP) is 3.93. The van der Waals surface area contributed by atoms with E-state index in [-0.39, 0.29) is 5.56 Å². The van der Waals surface area contributed by atoms with E-state index in [0.717, 1.165) is 0 Å². The van der Waals surface area contributed by atoms with Crippen molar-refractivity contribution in [1.29, 1.82) is 0 Å². The molecule has 2 aromatic carbocycles. The highest BCUT2D eigenvalue weighted by Gasteiger charge is 2.18. The van der Waals surface area contributed by atoms with Gasteiger partial charge < -0.3 is 24.4 Å². The van der Waals surface area contributed by atoms with Gasteiger partial charge in [-0.2, -0.15) is 0 Å². The van der Waals surface area contributed by atoms with Crippen LogP contribution < -0.4 is 19.9 Å². The van der Waals surface area contributed by atoms with Crippen molar-refractivity contribution in [2.45, 2.75) is 13.8 Å². The van der Waals surface area contributed by atoms with E-state index in [1.807, 2.05) is 0 Å². The number of benzene rings is 2. The normalized spacial score (nSPS) is 11.2. The van der Waals surface area contributed by atoms with E-state index in [4.69, 9.17) is 24.4 Å². The molecule has 0 fully saturated rings. The molecule has 0 atom stereocenters. The van der Waals surface area contributed by atoms with Gasteiger partial charge in [0.1, 0.15) is 23.0 Å². The Kier molecular flexibility index (Phi) is 6.35. The molecule has 1 amide bonds. The Morgan fingerprint density at radius 3 is 2.39 bits per heavy atom. The number of amides is 1. The molecule has 0 radical (unpaired) electrons. The fourth-order valence-electron chi connectivity index (χ4n) is 2.94. The third-order valence-electron chi connectivity index (χ3n) is 4.40. The number of aromatic nitrogens is 2. The number of carbonyl (C=O) groups excluding carboxylic acids is 1. The number of nitrogens with zero attached hydrogens (tertiary/aromatic N) is 3. The Morgan fingerprint density at radius 2 is 1.84 bits per heavy atom. The van der Waals surface area contributed by atoms with Crippen LogP contribution >= 0.6 is 0 Å². The molecule has 1 aromatic heterocycles. The number of nitrogens with two attached hydrogens (primary N) is 1. The highest BCUT2D eigenvalue weighted by Crippen LogP contribution is 2.36. The summed E-state index contributed by atoms with van der Waals surface area (Å²) in [6.45, 7) is 7.09. The van der Waals surface area contributed by atoms with Crippen molar-refractivity contribution in [3.63, 3.8) is 0 Å². The maximum atomic E-state index is 11.9. The Morgan fingerprint density at radius 1 is 1.10 bits per heavy atom. The summed E-state index contributed by atoms with van der Waals surface area (Å²) < 4.78 is 22.2. The topological polar surface area (TPSA) is 122 Å². The van der Waals surface area contributed by atoms with Crippen LogP contribution in [0.1, 0.15) is 28.7 Å². The van der Waals surface area contributed by atoms with E-state index >= 15 is 0 Å². The molecule has 2 N–H and O–H groups in total. The van der Waals surface area contributed by atoms with E-state index in [1.165, 1.54) is 7.11 Å². The average molecular weight is 422 g/mol. The second-order valence-electron chi connectivity index (χ2n) is 6.37. The van der Waals surface area contributed by atoms with Crippen LogP contribution in [0.2, 0.25) is 0 Å². The molecule has 9 heteroatoms. The third kappa shape index (κ3) is 4.55. The molecule has 3 aromatic rings.